The van der Waals surface area contributed by atoms with Crippen LogP contribution in [0.5, 0.6) is 0 Å². The Labute approximate surface area is 65.2 Å². The molecule has 2 N–H and O–H groups in total. The summed E-state index contributed by atoms with van der Waals surface area (Å²) < 4.78 is 0. The molecular weight excluding hydrogens is 142 g/mol. The number of aldehydes is 1. The summed E-state index contributed by atoms with van der Waals surface area (Å²) in [4.78, 5) is 10.3. The van der Waals surface area contributed by atoms with Crippen molar-refractivity contribution in [2.24, 2.45) is 5.92 Å². The predicted octanol–water partition coefficient (Wildman–Crippen LogP) is 0.532. The molecule has 1 aliphatic carbocycles. The van der Waals surface area contributed by atoms with Crippen LogP contribution in [0.1, 0.15) is 13.3 Å². The van der Waals surface area contributed by atoms with E-state index in [2.05, 4.69) is 0 Å². The second kappa shape index (κ2) is 2.96. The molecule has 1 aliphatic rings. The lowest BCUT2D eigenvalue weighted by Gasteiger charge is -2.22. The molecule has 0 saturated carbocycles. The number of rotatable bonds is 1. The maximum absolute atomic E-state index is 10.3. The second-order valence-corrected chi connectivity index (χ2v) is 2.91. The molecular formula is C8H11NO2. The first kappa shape index (κ1) is 8.14. The monoisotopic (exact) mass is 153 g/mol. The smallest absolute Gasteiger partial charge is 0.148 e. The van der Waals surface area contributed by atoms with Gasteiger partial charge in [-0.3, -0.25) is 4.79 Å². The molecule has 60 valence electrons. The van der Waals surface area contributed by atoms with Gasteiger partial charge < -0.3 is 10.5 Å². The first-order chi connectivity index (χ1) is 5.15. The predicted molar refractivity (Wildman–Crippen MR) is 41.7 cm³/mol. The Hall–Kier alpha value is -0.960. The van der Waals surface area contributed by atoms with Crippen LogP contribution < -0.4 is 0 Å². The van der Waals surface area contributed by atoms with Gasteiger partial charge in [-0.2, -0.15) is 0 Å². The van der Waals surface area contributed by atoms with Crippen LogP contribution in [0.25, 0.3) is 0 Å². The van der Waals surface area contributed by atoms with Gasteiger partial charge >= 0.3 is 0 Å². The number of allylic oxidation sites excluding steroid dienone is 1. The van der Waals surface area contributed by atoms with Crippen LogP contribution in [-0.4, -0.2) is 23.2 Å². The average molecular weight is 153 g/mol. The summed E-state index contributed by atoms with van der Waals surface area (Å²) in [7, 11) is 0. The van der Waals surface area contributed by atoms with Crippen molar-refractivity contribution in [2.45, 2.75) is 19.4 Å². The Bertz CT molecular complexity index is 220. The van der Waals surface area contributed by atoms with E-state index >= 15 is 0 Å². The Kier molecular flexibility index (Phi) is 2.19. The molecule has 0 aliphatic heterocycles. The summed E-state index contributed by atoms with van der Waals surface area (Å²) >= 11 is 0. The van der Waals surface area contributed by atoms with Crippen molar-refractivity contribution in [1.29, 1.82) is 5.41 Å². The van der Waals surface area contributed by atoms with E-state index in [1.54, 1.807) is 0 Å². The van der Waals surface area contributed by atoms with Gasteiger partial charge in [0.25, 0.3) is 0 Å². The molecule has 2 unspecified atom stereocenters. The topological polar surface area (TPSA) is 61.2 Å². The summed E-state index contributed by atoms with van der Waals surface area (Å²) in [6, 6.07) is 0. The van der Waals surface area contributed by atoms with Crippen molar-refractivity contribution >= 4 is 12.0 Å². The highest BCUT2D eigenvalue weighted by molar-refractivity contribution is 5.99. The zero-order valence-electron chi connectivity index (χ0n) is 6.37. The van der Waals surface area contributed by atoms with E-state index in [4.69, 9.17) is 5.41 Å². The highest BCUT2D eigenvalue weighted by Crippen LogP contribution is 2.20. The van der Waals surface area contributed by atoms with Crippen molar-refractivity contribution in [3.63, 3.8) is 0 Å². The van der Waals surface area contributed by atoms with Crippen LogP contribution in [0.3, 0.4) is 0 Å². The third-order valence-corrected chi connectivity index (χ3v) is 1.90. The average Bonchev–Trinajstić information content (AvgIpc) is 1.96. The van der Waals surface area contributed by atoms with Crippen molar-refractivity contribution in [3.05, 3.63) is 11.6 Å². The summed E-state index contributed by atoms with van der Waals surface area (Å²) in [6.07, 6.45) is 1.94. The molecule has 0 aromatic carbocycles. The van der Waals surface area contributed by atoms with Crippen LogP contribution in [-0.2, 0) is 4.79 Å². The quantitative estimate of drug-likeness (QED) is 0.540. The lowest BCUT2D eigenvalue weighted by Crippen LogP contribution is -2.27. The number of hydrogen-bond acceptors (Lipinski definition) is 3. The SMILES string of the molecule is CC1CC(=N)C=C(C=O)C1O. The zero-order valence-corrected chi connectivity index (χ0v) is 6.37. The first-order valence-corrected chi connectivity index (χ1v) is 3.57. The van der Waals surface area contributed by atoms with E-state index in [-0.39, 0.29) is 5.92 Å². The number of nitrogens with one attached hydrogen (secondary N) is 1. The van der Waals surface area contributed by atoms with Crippen LogP contribution in [0.2, 0.25) is 0 Å². The molecule has 0 bridgehead atoms. The zero-order chi connectivity index (χ0) is 8.43. The lowest BCUT2D eigenvalue weighted by atomic mass is 9.87. The first-order valence-electron chi connectivity index (χ1n) is 3.57. The van der Waals surface area contributed by atoms with Gasteiger partial charge in [0.2, 0.25) is 0 Å². The van der Waals surface area contributed by atoms with Crippen LogP contribution in [0, 0.1) is 11.3 Å². The van der Waals surface area contributed by atoms with Gasteiger partial charge in [-0.15, -0.1) is 0 Å². The van der Waals surface area contributed by atoms with Crippen molar-refractivity contribution in [3.8, 4) is 0 Å². The van der Waals surface area contributed by atoms with Crippen molar-refractivity contribution in [1.82, 2.24) is 0 Å². The fraction of sp³-hybridized carbons (Fsp3) is 0.500. The molecule has 3 heteroatoms. The van der Waals surface area contributed by atoms with E-state index in [1.807, 2.05) is 6.92 Å². The van der Waals surface area contributed by atoms with Gasteiger partial charge in [0.1, 0.15) is 6.29 Å². The minimum atomic E-state index is -0.679. The Morgan fingerprint density at radius 3 is 3.00 bits per heavy atom. The third-order valence-electron chi connectivity index (χ3n) is 1.90. The molecule has 0 fully saturated rings. The molecule has 0 aromatic heterocycles. The molecule has 1 rings (SSSR count). The maximum Gasteiger partial charge on any atom is 0.148 e. The molecule has 0 amide bonds. The molecule has 3 nitrogen and oxygen atoms in total. The normalized spacial score (nSPS) is 31.5. The van der Waals surface area contributed by atoms with E-state index in [0.29, 0.717) is 24.0 Å². The fourth-order valence-electron chi connectivity index (χ4n) is 1.24. The number of aliphatic hydroxyl groups is 1. The van der Waals surface area contributed by atoms with Gasteiger partial charge in [-0.05, 0) is 18.4 Å². The molecule has 0 spiro atoms. The van der Waals surface area contributed by atoms with Gasteiger partial charge in [-0.1, -0.05) is 6.92 Å². The molecule has 11 heavy (non-hydrogen) atoms. The number of aliphatic hydroxyl groups excluding tert-OH is 1. The highest BCUT2D eigenvalue weighted by Gasteiger charge is 2.23. The Balaban J connectivity index is 2.89. The standard InChI is InChI=1S/C8H11NO2/c1-5-2-7(9)3-6(4-10)8(5)11/h3-5,8-9,11H,2H2,1H3. The summed E-state index contributed by atoms with van der Waals surface area (Å²) in [6.45, 7) is 1.83. The van der Waals surface area contributed by atoms with Gasteiger partial charge in [-0.25, -0.2) is 0 Å². The van der Waals surface area contributed by atoms with Crippen LogP contribution in [0.4, 0.5) is 0 Å². The number of carbonyl (C=O) groups excluding carboxylic acids is 1. The molecule has 0 aromatic rings. The van der Waals surface area contributed by atoms with E-state index < -0.39 is 6.10 Å². The van der Waals surface area contributed by atoms with Crippen molar-refractivity contribution in [2.75, 3.05) is 0 Å². The van der Waals surface area contributed by atoms with Crippen LogP contribution >= 0.6 is 0 Å². The minimum absolute atomic E-state index is 0.00676. The molecule has 0 saturated heterocycles. The summed E-state index contributed by atoms with van der Waals surface area (Å²) in [5.74, 6) is -0.00676. The number of hydrogen-bond donors (Lipinski definition) is 2. The number of carbonyl (C=O) groups is 1. The van der Waals surface area contributed by atoms with E-state index in [0.717, 1.165) is 0 Å². The summed E-state index contributed by atoms with van der Waals surface area (Å²) in [5.41, 5.74) is 0.749. The molecule has 2 atom stereocenters. The second-order valence-electron chi connectivity index (χ2n) is 2.91. The Morgan fingerprint density at radius 1 is 1.82 bits per heavy atom. The van der Waals surface area contributed by atoms with Crippen molar-refractivity contribution < 1.29 is 9.90 Å². The minimum Gasteiger partial charge on any atom is -0.388 e. The highest BCUT2D eigenvalue weighted by atomic mass is 16.3. The largest absolute Gasteiger partial charge is 0.388 e. The van der Waals surface area contributed by atoms with Crippen LogP contribution in [0.15, 0.2) is 11.6 Å². The summed E-state index contributed by atoms with van der Waals surface area (Å²) in [5, 5.41) is 16.7. The van der Waals surface area contributed by atoms with Gasteiger partial charge in [0.15, 0.2) is 0 Å². The maximum atomic E-state index is 10.3. The van der Waals surface area contributed by atoms with Gasteiger partial charge in [0, 0.05) is 11.3 Å². The van der Waals surface area contributed by atoms with Gasteiger partial charge in [0.05, 0.1) is 6.10 Å². The fourth-order valence-corrected chi connectivity index (χ4v) is 1.24. The van der Waals surface area contributed by atoms with E-state index in [1.165, 1.54) is 6.08 Å². The third kappa shape index (κ3) is 1.54. The lowest BCUT2D eigenvalue weighted by molar-refractivity contribution is -0.106. The molecule has 0 heterocycles. The Morgan fingerprint density at radius 2 is 2.45 bits per heavy atom. The van der Waals surface area contributed by atoms with E-state index in [9.17, 15) is 9.90 Å². The molecule has 0 radical (unpaired) electrons.